The molecule has 2 atom stereocenters. The molecular formula is C28H27N5O2. The van der Waals surface area contributed by atoms with E-state index in [1.165, 1.54) is 6.08 Å². The second-order valence-corrected chi connectivity index (χ2v) is 8.69. The number of rotatable bonds is 6. The van der Waals surface area contributed by atoms with Gasteiger partial charge in [0, 0.05) is 30.8 Å². The van der Waals surface area contributed by atoms with Gasteiger partial charge in [-0.25, -0.2) is 0 Å². The fraction of sp³-hybridized carbons (Fsp3) is 0.179. The number of nitrogens with one attached hydrogen (secondary N) is 2. The molecule has 0 spiro atoms. The van der Waals surface area contributed by atoms with E-state index in [0.29, 0.717) is 29.2 Å². The fourth-order valence-corrected chi connectivity index (χ4v) is 4.32. The molecule has 1 aliphatic rings. The van der Waals surface area contributed by atoms with Crippen molar-refractivity contribution in [3.05, 3.63) is 95.6 Å². The third-order valence-electron chi connectivity index (χ3n) is 6.11. The van der Waals surface area contributed by atoms with Crippen molar-refractivity contribution < 1.29 is 9.59 Å². The first kappa shape index (κ1) is 23.7. The Morgan fingerprint density at radius 2 is 1.80 bits per heavy atom. The summed E-state index contributed by atoms with van der Waals surface area (Å²) in [5.74, 6) is -0.493. The highest BCUT2D eigenvalue weighted by atomic mass is 16.2. The Balaban J connectivity index is 1.41. The molecule has 2 amide bonds. The van der Waals surface area contributed by atoms with Gasteiger partial charge in [0.1, 0.15) is 0 Å². The van der Waals surface area contributed by atoms with E-state index in [2.05, 4.69) is 21.6 Å². The number of hydrogen-bond donors (Lipinski definition) is 3. The topological polar surface area (TPSA) is 111 Å². The number of nitriles is 1. The van der Waals surface area contributed by atoms with Gasteiger partial charge in [-0.05, 0) is 54.6 Å². The van der Waals surface area contributed by atoms with Crippen LogP contribution in [0.25, 0.3) is 6.08 Å². The van der Waals surface area contributed by atoms with Crippen molar-refractivity contribution in [2.75, 3.05) is 36.5 Å². The van der Waals surface area contributed by atoms with Crippen LogP contribution in [0.5, 0.6) is 0 Å². The number of hydrogen-bond acceptors (Lipinski definition) is 5. The predicted molar refractivity (Wildman–Crippen MR) is 138 cm³/mol. The molecule has 1 fully saturated rings. The number of benzene rings is 3. The van der Waals surface area contributed by atoms with E-state index in [4.69, 9.17) is 11.0 Å². The average molecular weight is 466 g/mol. The molecule has 0 radical (unpaired) electrons. The van der Waals surface area contributed by atoms with Gasteiger partial charge in [0.2, 0.25) is 11.8 Å². The standard InChI is InChI=1S/C28H27N5O2/c1-33-17-23(24(18-33)28(35)31-22-6-4-5-20(15-22)16-29)21-12-9-19(10-13-21)11-14-27(34)32-26-8-3-2-7-25(26)30/h2-15,23-24H,17-18,30H2,1H3,(H,31,35)(H,32,34). The summed E-state index contributed by atoms with van der Waals surface area (Å²) >= 11 is 0. The van der Waals surface area contributed by atoms with Crippen LogP contribution in [0.3, 0.4) is 0 Å². The number of nitrogens with zero attached hydrogens (tertiary/aromatic N) is 2. The van der Waals surface area contributed by atoms with Crippen molar-refractivity contribution in [3.63, 3.8) is 0 Å². The van der Waals surface area contributed by atoms with Gasteiger partial charge in [-0.2, -0.15) is 5.26 Å². The minimum absolute atomic E-state index is 0.0431. The molecule has 35 heavy (non-hydrogen) atoms. The molecule has 4 N–H and O–H groups in total. The molecule has 4 rings (SSSR count). The minimum atomic E-state index is -0.262. The molecule has 3 aromatic rings. The first-order valence-electron chi connectivity index (χ1n) is 11.4. The van der Waals surface area contributed by atoms with Crippen LogP contribution in [-0.4, -0.2) is 36.9 Å². The highest BCUT2D eigenvalue weighted by molar-refractivity contribution is 6.03. The molecule has 1 aliphatic heterocycles. The molecule has 0 bridgehead atoms. The van der Waals surface area contributed by atoms with Gasteiger partial charge < -0.3 is 21.3 Å². The van der Waals surface area contributed by atoms with Crippen LogP contribution in [0.2, 0.25) is 0 Å². The van der Waals surface area contributed by atoms with Gasteiger partial charge in [-0.1, -0.05) is 42.5 Å². The molecule has 1 saturated heterocycles. The van der Waals surface area contributed by atoms with E-state index in [1.807, 2.05) is 43.4 Å². The first-order chi connectivity index (χ1) is 16.9. The molecule has 0 saturated carbocycles. The second-order valence-electron chi connectivity index (χ2n) is 8.69. The number of nitrogens with two attached hydrogens (primary N) is 1. The SMILES string of the molecule is CN1CC(C(=O)Nc2cccc(C#N)c2)C(c2ccc(C=CC(=O)Nc3ccccc3N)cc2)C1. The zero-order valence-electron chi connectivity index (χ0n) is 19.4. The second kappa shape index (κ2) is 10.7. The van der Waals surface area contributed by atoms with E-state index < -0.39 is 0 Å². The maximum atomic E-state index is 13.1. The average Bonchev–Trinajstić information content (AvgIpc) is 3.26. The summed E-state index contributed by atoms with van der Waals surface area (Å²) in [4.78, 5) is 27.5. The number of likely N-dealkylation sites (N-methyl/N-ethyl adjacent to an activating group) is 1. The Kier molecular flexibility index (Phi) is 7.24. The lowest BCUT2D eigenvalue weighted by molar-refractivity contribution is -0.119. The smallest absolute Gasteiger partial charge is 0.248 e. The maximum Gasteiger partial charge on any atom is 0.248 e. The van der Waals surface area contributed by atoms with Crippen molar-refractivity contribution in [1.82, 2.24) is 4.90 Å². The molecule has 176 valence electrons. The monoisotopic (exact) mass is 465 g/mol. The molecule has 1 heterocycles. The highest BCUT2D eigenvalue weighted by Gasteiger charge is 2.37. The van der Waals surface area contributed by atoms with Crippen LogP contribution in [0.4, 0.5) is 17.1 Å². The number of amides is 2. The first-order valence-corrected chi connectivity index (χ1v) is 11.4. The summed E-state index contributed by atoms with van der Waals surface area (Å²) in [6.45, 7) is 1.42. The Hall–Kier alpha value is -4.41. The van der Waals surface area contributed by atoms with Crippen LogP contribution in [0, 0.1) is 17.2 Å². The van der Waals surface area contributed by atoms with Crippen molar-refractivity contribution in [2.24, 2.45) is 5.92 Å². The lowest BCUT2D eigenvalue weighted by atomic mass is 9.88. The number of para-hydroxylation sites is 2. The van der Waals surface area contributed by atoms with Gasteiger partial charge >= 0.3 is 0 Å². The Morgan fingerprint density at radius 3 is 2.54 bits per heavy atom. The van der Waals surface area contributed by atoms with Gasteiger partial charge in [-0.15, -0.1) is 0 Å². The number of carbonyl (C=O) groups is 2. The molecule has 7 nitrogen and oxygen atoms in total. The summed E-state index contributed by atoms with van der Waals surface area (Å²) in [5.41, 5.74) is 10.0. The van der Waals surface area contributed by atoms with Crippen LogP contribution in [0.1, 0.15) is 22.6 Å². The van der Waals surface area contributed by atoms with Crippen LogP contribution < -0.4 is 16.4 Å². The van der Waals surface area contributed by atoms with Gasteiger partial charge in [-0.3, -0.25) is 9.59 Å². The largest absolute Gasteiger partial charge is 0.397 e. The van der Waals surface area contributed by atoms with E-state index in [0.717, 1.165) is 17.7 Å². The lowest BCUT2D eigenvalue weighted by Crippen LogP contribution is -2.28. The third kappa shape index (κ3) is 5.94. The van der Waals surface area contributed by atoms with Crippen LogP contribution in [-0.2, 0) is 9.59 Å². The van der Waals surface area contributed by atoms with Crippen LogP contribution >= 0.6 is 0 Å². The zero-order chi connectivity index (χ0) is 24.8. The van der Waals surface area contributed by atoms with E-state index in [1.54, 1.807) is 42.5 Å². The van der Waals surface area contributed by atoms with Gasteiger partial charge in [0.05, 0.1) is 28.9 Å². The van der Waals surface area contributed by atoms with E-state index in [-0.39, 0.29) is 23.7 Å². The molecule has 7 heteroatoms. The fourth-order valence-electron chi connectivity index (χ4n) is 4.32. The molecule has 0 aromatic heterocycles. The van der Waals surface area contributed by atoms with Crippen molar-refractivity contribution in [1.29, 1.82) is 5.26 Å². The number of anilines is 3. The molecule has 2 unspecified atom stereocenters. The Morgan fingerprint density at radius 1 is 1.03 bits per heavy atom. The predicted octanol–water partition coefficient (Wildman–Crippen LogP) is 4.08. The molecule has 0 aliphatic carbocycles. The normalized spacial score (nSPS) is 17.7. The van der Waals surface area contributed by atoms with Crippen molar-refractivity contribution in [3.8, 4) is 6.07 Å². The maximum absolute atomic E-state index is 13.1. The van der Waals surface area contributed by atoms with E-state index in [9.17, 15) is 9.59 Å². The van der Waals surface area contributed by atoms with Crippen molar-refractivity contribution in [2.45, 2.75) is 5.92 Å². The third-order valence-corrected chi connectivity index (χ3v) is 6.11. The minimum Gasteiger partial charge on any atom is -0.397 e. The van der Waals surface area contributed by atoms with Gasteiger partial charge in [0.25, 0.3) is 0 Å². The Labute approximate surface area is 204 Å². The number of nitrogen functional groups attached to an aromatic ring is 1. The summed E-state index contributed by atoms with van der Waals surface area (Å²) in [7, 11) is 2.01. The summed E-state index contributed by atoms with van der Waals surface area (Å²) < 4.78 is 0. The van der Waals surface area contributed by atoms with E-state index >= 15 is 0 Å². The summed E-state index contributed by atoms with van der Waals surface area (Å²) in [5, 5.41) is 14.8. The summed E-state index contributed by atoms with van der Waals surface area (Å²) in [6, 6.07) is 24.0. The molecule has 3 aromatic carbocycles. The number of carbonyl (C=O) groups excluding carboxylic acids is 2. The van der Waals surface area contributed by atoms with Gasteiger partial charge in [0.15, 0.2) is 0 Å². The quantitative estimate of drug-likeness (QED) is 0.375. The Bertz CT molecular complexity index is 1290. The molecular weight excluding hydrogens is 438 g/mol. The highest BCUT2D eigenvalue weighted by Crippen LogP contribution is 2.33. The summed E-state index contributed by atoms with van der Waals surface area (Å²) in [6.07, 6.45) is 3.21. The zero-order valence-corrected chi connectivity index (χ0v) is 19.4. The number of likely N-dealkylation sites (tertiary alicyclic amines) is 1. The lowest BCUT2D eigenvalue weighted by Gasteiger charge is -2.19. The van der Waals surface area contributed by atoms with Crippen molar-refractivity contribution >= 4 is 35.0 Å². The van der Waals surface area contributed by atoms with Crippen LogP contribution in [0.15, 0.2) is 78.9 Å².